The van der Waals surface area contributed by atoms with Crippen LogP contribution < -0.4 is 9.80 Å². The molecule has 26 heavy (non-hydrogen) atoms. The number of benzene rings is 1. The number of likely N-dealkylation sites (N-methyl/N-ethyl adjacent to an activating group) is 1. The molecule has 0 bridgehead atoms. The molecule has 3 N–H and O–H groups in total. The van der Waals surface area contributed by atoms with Gasteiger partial charge in [-0.3, -0.25) is 0 Å². The summed E-state index contributed by atoms with van der Waals surface area (Å²) >= 11 is 0. The Kier molecular flexibility index (Phi) is 5.09. The van der Waals surface area contributed by atoms with Crippen molar-refractivity contribution in [1.82, 2.24) is 4.57 Å². The molecule has 0 fully saturated rings. The van der Waals surface area contributed by atoms with E-state index in [1.807, 2.05) is 0 Å². The highest BCUT2D eigenvalue weighted by molar-refractivity contribution is 5.86. The zero-order valence-corrected chi connectivity index (χ0v) is 16.6. The van der Waals surface area contributed by atoms with Crippen molar-refractivity contribution >= 4 is 10.9 Å². The van der Waals surface area contributed by atoms with Crippen LogP contribution in [0.15, 0.2) is 18.2 Å². The monoisotopic (exact) mass is 357 g/mol. The molecule has 1 aromatic carbocycles. The summed E-state index contributed by atoms with van der Waals surface area (Å²) in [5.41, 5.74) is 5.97. The second-order valence-corrected chi connectivity index (χ2v) is 8.41. The van der Waals surface area contributed by atoms with Crippen LogP contribution >= 0.6 is 0 Å². The lowest BCUT2D eigenvalue weighted by atomic mass is 9.89. The molecule has 1 unspecified atom stereocenters. The fourth-order valence-corrected chi connectivity index (χ4v) is 5.40. The SMILES string of the molecule is CC[NH+](CC)C[C@@H](O)C[NH+]1CCn2c3c(c4cc(C)ccc42)CCC[C@@H]31. The molecule has 0 saturated carbocycles. The first-order chi connectivity index (χ1) is 12.6. The molecule has 2 heterocycles. The summed E-state index contributed by atoms with van der Waals surface area (Å²) in [4.78, 5) is 3.11. The average molecular weight is 358 g/mol. The third-order valence-electron chi connectivity index (χ3n) is 6.79. The van der Waals surface area contributed by atoms with E-state index in [1.54, 1.807) is 16.2 Å². The lowest BCUT2D eigenvalue weighted by molar-refractivity contribution is -0.948. The van der Waals surface area contributed by atoms with Crippen LogP contribution in [0.5, 0.6) is 0 Å². The van der Waals surface area contributed by atoms with Gasteiger partial charge in [-0.15, -0.1) is 0 Å². The van der Waals surface area contributed by atoms with Crippen LogP contribution in [0, 0.1) is 6.92 Å². The number of aromatic nitrogens is 1. The minimum atomic E-state index is -0.191. The zero-order valence-electron chi connectivity index (χ0n) is 16.6. The van der Waals surface area contributed by atoms with E-state index in [2.05, 4.69) is 43.5 Å². The van der Waals surface area contributed by atoms with Crippen LogP contribution in [0.3, 0.4) is 0 Å². The first kappa shape index (κ1) is 18.0. The smallest absolute Gasteiger partial charge is 0.152 e. The predicted molar refractivity (Wildman–Crippen MR) is 106 cm³/mol. The van der Waals surface area contributed by atoms with Crippen LogP contribution in [-0.4, -0.2) is 48.5 Å². The van der Waals surface area contributed by atoms with Gasteiger partial charge in [0.25, 0.3) is 0 Å². The van der Waals surface area contributed by atoms with Gasteiger partial charge in [-0.1, -0.05) is 11.6 Å². The topological polar surface area (TPSA) is 34.0 Å². The van der Waals surface area contributed by atoms with E-state index in [9.17, 15) is 5.11 Å². The molecule has 4 nitrogen and oxygen atoms in total. The molecule has 142 valence electrons. The van der Waals surface area contributed by atoms with E-state index in [1.165, 1.54) is 40.6 Å². The molecule has 1 aliphatic heterocycles. The third kappa shape index (κ3) is 3.08. The van der Waals surface area contributed by atoms with Gasteiger partial charge >= 0.3 is 0 Å². The minimum Gasteiger partial charge on any atom is -0.382 e. The molecule has 0 radical (unpaired) electrons. The van der Waals surface area contributed by atoms with Crippen molar-refractivity contribution in [1.29, 1.82) is 0 Å². The third-order valence-corrected chi connectivity index (χ3v) is 6.79. The zero-order chi connectivity index (χ0) is 18.3. The molecule has 1 aromatic heterocycles. The Balaban J connectivity index is 1.61. The first-order valence-corrected chi connectivity index (χ1v) is 10.6. The molecule has 1 aliphatic carbocycles. The Labute approximate surface area is 157 Å². The molecule has 4 rings (SSSR count). The van der Waals surface area contributed by atoms with Crippen molar-refractivity contribution in [2.75, 3.05) is 32.7 Å². The van der Waals surface area contributed by atoms with Crippen molar-refractivity contribution in [2.45, 2.75) is 58.7 Å². The molecule has 0 amide bonds. The van der Waals surface area contributed by atoms with Crippen LogP contribution in [0.4, 0.5) is 0 Å². The number of rotatable bonds is 6. The van der Waals surface area contributed by atoms with Crippen LogP contribution in [-0.2, 0) is 13.0 Å². The van der Waals surface area contributed by atoms with Gasteiger partial charge < -0.3 is 19.5 Å². The summed E-state index contributed by atoms with van der Waals surface area (Å²) in [5, 5.41) is 12.2. The number of hydrogen-bond donors (Lipinski definition) is 3. The van der Waals surface area contributed by atoms with Gasteiger partial charge in [-0.25, -0.2) is 0 Å². The molecular formula is C22H35N3O+2. The summed E-state index contributed by atoms with van der Waals surface area (Å²) in [5.74, 6) is 0. The normalized spacial score (nSPS) is 23.4. The summed E-state index contributed by atoms with van der Waals surface area (Å²) in [6, 6.07) is 7.53. The first-order valence-electron chi connectivity index (χ1n) is 10.6. The molecule has 3 atom stereocenters. The highest BCUT2D eigenvalue weighted by Crippen LogP contribution is 2.37. The van der Waals surface area contributed by atoms with Crippen molar-refractivity contribution in [3.8, 4) is 0 Å². The highest BCUT2D eigenvalue weighted by atomic mass is 16.3. The van der Waals surface area contributed by atoms with Crippen LogP contribution in [0.25, 0.3) is 10.9 Å². The van der Waals surface area contributed by atoms with E-state index >= 15 is 0 Å². The fourth-order valence-electron chi connectivity index (χ4n) is 5.40. The van der Waals surface area contributed by atoms with Gasteiger partial charge in [-0.05, 0) is 51.3 Å². The number of fused-ring (bicyclic) bond motifs is 3. The van der Waals surface area contributed by atoms with Gasteiger partial charge in [0.05, 0.1) is 31.9 Å². The number of aliphatic hydroxyl groups excluding tert-OH is 1. The van der Waals surface area contributed by atoms with Gasteiger partial charge in [0, 0.05) is 17.3 Å². The lowest BCUT2D eigenvalue weighted by Gasteiger charge is -2.38. The van der Waals surface area contributed by atoms with E-state index in [4.69, 9.17) is 0 Å². The number of hydrogen-bond acceptors (Lipinski definition) is 1. The number of quaternary nitrogens is 2. The van der Waals surface area contributed by atoms with E-state index < -0.39 is 0 Å². The largest absolute Gasteiger partial charge is 0.382 e. The number of aliphatic hydroxyl groups is 1. The second-order valence-electron chi connectivity index (χ2n) is 8.41. The maximum atomic E-state index is 10.7. The second kappa shape index (κ2) is 7.34. The molecule has 0 saturated heterocycles. The summed E-state index contributed by atoms with van der Waals surface area (Å²) in [6.07, 6.45) is 3.58. The Bertz CT molecular complexity index is 777. The van der Waals surface area contributed by atoms with Crippen LogP contribution in [0.2, 0.25) is 0 Å². The lowest BCUT2D eigenvalue weighted by Crippen LogP contribution is -3.17. The Morgan fingerprint density at radius 3 is 2.88 bits per heavy atom. The van der Waals surface area contributed by atoms with Crippen molar-refractivity contribution < 1.29 is 14.9 Å². The van der Waals surface area contributed by atoms with E-state index in [0.717, 1.165) is 39.3 Å². The van der Waals surface area contributed by atoms with Crippen LogP contribution in [0.1, 0.15) is 49.6 Å². The molecule has 2 aliphatic rings. The molecular weight excluding hydrogens is 322 g/mol. The maximum Gasteiger partial charge on any atom is 0.152 e. The summed E-state index contributed by atoms with van der Waals surface area (Å²) < 4.78 is 2.60. The van der Waals surface area contributed by atoms with Crippen molar-refractivity contribution in [3.05, 3.63) is 35.0 Å². The molecule has 4 heteroatoms. The Morgan fingerprint density at radius 1 is 1.31 bits per heavy atom. The summed E-state index contributed by atoms with van der Waals surface area (Å²) in [6.45, 7) is 12.8. The van der Waals surface area contributed by atoms with Gasteiger partial charge in [0.15, 0.2) is 6.10 Å². The quantitative estimate of drug-likeness (QED) is 0.692. The summed E-state index contributed by atoms with van der Waals surface area (Å²) in [7, 11) is 0. The molecule has 0 spiro atoms. The number of nitrogens with one attached hydrogen (secondary N) is 2. The highest BCUT2D eigenvalue weighted by Gasteiger charge is 2.38. The predicted octanol–water partition coefficient (Wildman–Crippen LogP) is 0.511. The average Bonchev–Trinajstić information content (AvgIpc) is 2.96. The van der Waals surface area contributed by atoms with Gasteiger partial charge in [0.2, 0.25) is 0 Å². The Hall–Kier alpha value is -1.36. The van der Waals surface area contributed by atoms with Gasteiger partial charge in [-0.2, -0.15) is 0 Å². The van der Waals surface area contributed by atoms with Crippen molar-refractivity contribution in [3.63, 3.8) is 0 Å². The fraction of sp³-hybridized carbons (Fsp3) is 0.636. The van der Waals surface area contributed by atoms with E-state index in [0.29, 0.717) is 6.04 Å². The molecule has 2 aromatic rings. The number of nitrogens with zero attached hydrogens (tertiary/aromatic N) is 1. The van der Waals surface area contributed by atoms with Gasteiger partial charge in [0.1, 0.15) is 19.1 Å². The minimum absolute atomic E-state index is 0.191. The maximum absolute atomic E-state index is 10.7. The van der Waals surface area contributed by atoms with Crippen molar-refractivity contribution in [2.24, 2.45) is 0 Å². The standard InChI is InChI=1S/C22H33N3O/c1-4-23(5-2)14-17(26)15-24-11-12-25-20-10-9-16(3)13-19(20)18-7-6-8-21(24)22(18)25/h9-10,13,17,21,26H,4-8,11-12,14-15H2,1-3H3/p+2/t17-,21+/m1/s1. The van der Waals surface area contributed by atoms with E-state index in [-0.39, 0.29) is 6.10 Å². The number of aryl methyl sites for hydroxylation is 2. The Morgan fingerprint density at radius 2 is 2.12 bits per heavy atom.